The molecular weight excluding hydrogens is 212 g/mol. The average molecular weight is 232 g/mol. The van der Waals surface area contributed by atoms with Gasteiger partial charge in [0.1, 0.15) is 0 Å². The number of benzene rings is 1. The van der Waals surface area contributed by atoms with E-state index in [0.29, 0.717) is 18.5 Å². The molecule has 1 aliphatic carbocycles. The van der Waals surface area contributed by atoms with E-state index in [1.54, 1.807) is 7.05 Å². The van der Waals surface area contributed by atoms with Gasteiger partial charge in [0.2, 0.25) is 0 Å². The lowest BCUT2D eigenvalue weighted by Gasteiger charge is -2.29. The fourth-order valence-electron chi connectivity index (χ4n) is 2.16. The predicted octanol–water partition coefficient (Wildman–Crippen LogP) is 2.63. The Morgan fingerprint density at radius 2 is 2.06 bits per heavy atom. The number of carbonyl (C=O) groups is 1. The summed E-state index contributed by atoms with van der Waals surface area (Å²) in [6.45, 7) is 2.84. The zero-order valence-corrected chi connectivity index (χ0v) is 10.5. The number of carbonyl (C=O) groups excluding carboxylic acids is 1. The van der Waals surface area contributed by atoms with Gasteiger partial charge in [-0.05, 0) is 31.2 Å². The van der Waals surface area contributed by atoms with Gasteiger partial charge in [0, 0.05) is 19.6 Å². The highest BCUT2D eigenvalue weighted by molar-refractivity contribution is 5.74. The standard InChI is InChI=1S/C14H20N2O/c1-11(13-8-9-13)16(14(17)15-2)10-12-6-4-3-5-7-12/h3-7,11,13H,8-10H2,1-2H3,(H,15,17)/t11-/m0/s1. The SMILES string of the molecule is CNC(=O)N(Cc1ccccc1)[C@@H](C)C1CC1. The Bertz CT molecular complexity index is 373. The van der Waals surface area contributed by atoms with Crippen LogP contribution in [0.3, 0.4) is 0 Å². The van der Waals surface area contributed by atoms with Gasteiger partial charge >= 0.3 is 6.03 Å². The largest absolute Gasteiger partial charge is 0.341 e. The minimum atomic E-state index is 0.0215. The van der Waals surface area contributed by atoms with Crippen molar-refractivity contribution in [1.29, 1.82) is 0 Å². The first-order valence-electron chi connectivity index (χ1n) is 6.24. The first-order valence-corrected chi connectivity index (χ1v) is 6.24. The van der Waals surface area contributed by atoms with Crippen LogP contribution in [0, 0.1) is 5.92 Å². The lowest BCUT2D eigenvalue weighted by molar-refractivity contribution is 0.169. The minimum Gasteiger partial charge on any atom is -0.341 e. The van der Waals surface area contributed by atoms with E-state index in [2.05, 4.69) is 24.4 Å². The molecule has 0 saturated heterocycles. The molecule has 1 aromatic carbocycles. The summed E-state index contributed by atoms with van der Waals surface area (Å²) in [7, 11) is 1.69. The summed E-state index contributed by atoms with van der Waals surface area (Å²) in [4.78, 5) is 13.8. The van der Waals surface area contributed by atoms with E-state index in [9.17, 15) is 4.79 Å². The first-order chi connectivity index (χ1) is 8.22. The maximum absolute atomic E-state index is 11.9. The van der Waals surface area contributed by atoms with Crippen molar-refractivity contribution in [2.45, 2.75) is 32.4 Å². The van der Waals surface area contributed by atoms with Gasteiger partial charge in [-0.2, -0.15) is 0 Å². The molecular formula is C14H20N2O. The van der Waals surface area contributed by atoms with Gasteiger partial charge in [-0.1, -0.05) is 30.3 Å². The molecule has 1 fully saturated rings. The molecule has 1 saturated carbocycles. The van der Waals surface area contributed by atoms with Crippen LogP contribution in [0.15, 0.2) is 30.3 Å². The maximum Gasteiger partial charge on any atom is 0.317 e. The van der Waals surface area contributed by atoms with Crippen LogP contribution >= 0.6 is 0 Å². The Labute approximate surface area is 103 Å². The second-order valence-corrected chi connectivity index (χ2v) is 4.75. The Kier molecular flexibility index (Phi) is 3.67. The van der Waals surface area contributed by atoms with Crippen LogP contribution in [0.25, 0.3) is 0 Å². The third-order valence-corrected chi connectivity index (χ3v) is 3.47. The molecule has 0 aromatic heterocycles. The van der Waals surface area contributed by atoms with E-state index in [1.807, 2.05) is 23.1 Å². The van der Waals surface area contributed by atoms with Crippen molar-refractivity contribution in [3.8, 4) is 0 Å². The van der Waals surface area contributed by atoms with Crippen LogP contribution in [0.2, 0.25) is 0 Å². The molecule has 1 aliphatic rings. The number of hydrogen-bond donors (Lipinski definition) is 1. The monoisotopic (exact) mass is 232 g/mol. The molecule has 0 unspecified atom stereocenters. The van der Waals surface area contributed by atoms with Crippen molar-refractivity contribution in [2.24, 2.45) is 5.92 Å². The van der Waals surface area contributed by atoms with Gasteiger partial charge in [0.15, 0.2) is 0 Å². The molecule has 1 atom stereocenters. The summed E-state index contributed by atoms with van der Waals surface area (Å²) in [6, 6.07) is 10.5. The van der Waals surface area contributed by atoms with Crippen molar-refractivity contribution in [2.75, 3.05) is 7.05 Å². The third kappa shape index (κ3) is 2.99. The topological polar surface area (TPSA) is 32.3 Å². The van der Waals surface area contributed by atoms with Gasteiger partial charge in [0.05, 0.1) is 0 Å². The quantitative estimate of drug-likeness (QED) is 0.850. The Morgan fingerprint density at radius 1 is 1.41 bits per heavy atom. The number of amides is 2. The van der Waals surface area contributed by atoms with Crippen LogP contribution in [0.5, 0.6) is 0 Å². The molecule has 0 spiro atoms. The molecule has 2 amide bonds. The molecule has 1 N–H and O–H groups in total. The van der Waals surface area contributed by atoms with Gasteiger partial charge in [-0.15, -0.1) is 0 Å². The summed E-state index contributed by atoms with van der Waals surface area (Å²) in [5, 5.41) is 2.74. The van der Waals surface area contributed by atoms with Crippen molar-refractivity contribution in [3.05, 3.63) is 35.9 Å². The van der Waals surface area contributed by atoms with Crippen LogP contribution in [0.1, 0.15) is 25.3 Å². The summed E-state index contributed by atoms with van der Waals surface area (Å²) >= 11 is 0. The lowest BCUT2D eigenvalue weighted by atomic mass is 10.1. The van der Waals surface area contributed by atoms with Crippen LogP contribution < -0.4 is 5.32 Å². The minimum absolute atomic E-state index is 0.0215. The molecule has 1 aromatic rings. The zero-order valence-electron chi connectivity index (χ0n) is 10.5. The fourth-order valence-corrected chi connectivity index (χ4v) is 2.16. The highest BCUT2D eigenvalue weighted by Crippen LogP contribution is 2.35. The molecule has 3 heteroatoms. The Balaban J connectivity index is 2.07. The predicted molar refractivity (Wildman–Crippen MR) is 68.6 cm³/mol. The molecule has 0 aliphatic heterocycles. The smallest absolute Gasteiger partial charge is 0.317 e. The average Bonchev–Trinajstić information content (AvgIpc) is 3.20. The van der Waals surface area contributed by atoms with Crippen molar-refractivity contribution in [1.82, 2.24) is 10.2 Å². The highest BCUT2D eigenvalue weighted by atomic mass is 16.2. The van der Waals surface area contributed by atoms with Gasteiger partial charge in [0.25, 0.3) is 0 Å². The van der Waals surface area contributed by atoms with Crippen molar-refractivity contribution >= 4 is 6.03 Å². The lowest BCUT2D eigenvalue weighted by Crippen LogP contribution is -2.44. The second kappa shape index (κ2) is 5.21. The summed E-state index contributed by atoms with van der Waals surface area (Å²) in [5.41, 5.74) is 1.18. The first kappa shape index (κ1) is 12.0. The van der Waals surface area contributed by atoms with Crippen LogP contribution in [-0.4, -0.2) is 24.0 Å². The van der Waals surface area contributed by atoms with Gasteiger partial charge in [-0.3, -0.25) is 0 Å². The van der Waals surface area contributed by atoms with E-state index < -0.39 is 0 Å². The molecule has 0 radical (unpaired) electrons. The Morgan fingerprint density at radius 3 is 2.59 bits per heavy atom. The normalized spacial score (nSPS) is 16.4. The van der Waals surface area contributed by atoms with Gasteiger partial charge in [-0.25, -0.2) is 4.79 Å². The molecule has 17 heavy (non-hydrogen) atoms. The number of nitrogens with zero attached hydrogens (tertiary/aromatic N) is 1. The fraction of sp³-hybridized carbons (Fsp3) is 0.500. The van der Waals surface area contributed by atoms with E-state index in [-0.39, 0.29) is 6.03 Å². The third-order valence-electron chi connectivity index (χ3n) is 3.47. The molecule has 0 bridgehead atoms. The number of urea groups is 1. The van der Waals surface area contributed by atoms with E-state index in [1.165, 1.54) is 18.4 Å². The zero-order chi connectivity index (χ0) is 12.3. The Hall–Kier alpha value is -1.51. The summed E-state index contributed by atoms with van der Waals surface area (Å²) < 4.78 is 0. The molecule has 2 rings (SSSR count). The number of hydrogen-bond acceptors (Lipinski definition) is 1. The highest BCUT2D eigenvalue weighted by Gasteiger charge is 2.33. The van der Waals surface area contributed by atoms with Gasteiger partial charge < -0.3 is 10.2 Å². The second-order valence-electron chi connectivity index (χ2n) is 4.75. The van der Waals surface area contributed by atoms with E-state index >= 15 is 0 Å². The van der Waals surface area contributed by atoms with E-state index in [4.69, 9.17) is 0 Å². The van der Waals surface area contributed by atoms with Crippen LogP contribution in [0.4, 0.5) is 4.79 Å². The maximum atomic E-state index is 11.9. The summed E-state index contributed by atoms with van der Waals surface area (Å²) in [5.74, 6) is 0.691. The molecule has 0 heterocycles. The number of rotatable bonds is 4. The van der Waals surface area contributed by atoms with Crippen molar-refractivity contribution < 1.29 is 4.79 Å². The molecule has 92 valence electrons. The molecule has 3 nitrogen and oxygen atoms in total. The summed E-state index contributed by atoms with van der Waals surface area (Å²) in [6.07, 6.45) is 2.51. The van der Waals surface area contributed by atoms with Crippen molar-refractivity contribution in [3.63, 3.8) is 0 Å². The van der Waals surface area contributed by atoms with E-state index in [0.717, 1.165) is 0 Å². The van der Waals surface area contributed by atoms with Crippen LogP contribution in [-0.2, 0) is 6.54 Å². The number of nitrogens with one attached hydrogen (secondary N) is 1.